The molecule has 0 spiro atoms. The van der Waals surface area contributed by atoms with Gasteiger partial charge < -0.3 is 9.84 Å². The van der Waals surface area contributed by atoms with Crippen LogP contribution in [0.1, 0.15) is 59.8 Å². The lowest BCUT2D eigenvalue weighted by Crippen LogP contribution is -2.61. The van der Waals surface area contributed by atoms with Crippen molar-refractivity contribution >= 4 is 23.4 Å². The second kappa shape index (κ2) is 6.65. The zero-order valence-corrected chi connectivity index (χ0v) is 18.3. The third kappa shape index (κ3) is 2.72. The molecule has 2 fully saturated rings. The zero-order chi connectivity index (χ0) is 21.4. The first-order valence-corrected chi connectivity index (χ1v) is 11.0. The lowest BCUT2D eigenvalue weighted by Gasteiger charge is -2.59. The van der Waals surface area contributed by atoms with Crippen molar-refractivity contribution in [2.24, 2.45) is 28.6 Å². The Kier molecular flexibility index (Phi) is 4.83. The lowest BCUT2D eigenvalue weighted by atomic mass is 9.47. The number of carbonyl (C=O) groups excluding carboxylic acids is 2. The van der Waals surface area contributed by atoms with Gasteiger partial charge in [-0.25, -0.2) is 4.39 Å². The van der Waals surface area contributed by atoms with Crippen molar-refractivity contribution in [2.45, 2.75) is 77.7 Å². The molecule has 0 bridgehead atoms. The standard InChI is InChI=1S/C23H30ClFO4/c1-12(26)23(29-13(2)27)8-6-16-15-10-18(24)17-9-14(28)5-7-21(17,3)20(15)19(25)11-22(16,23)4/h9-10,14-16,19-20,28H,5-8,11H2,1-4H3/t14?,15-,16-,19?,20+,21-,22-,23-/m0/s1. The van der Waals surface area contributed by atoms with Crippen LogP contribution in [-0.4, -0.2) is 34.7 Å². The Labute approximate surface area is 176 Å². The average molecular weight is 425 g/mol. The van der Waals surface area contributed by atoms with Gasteiger partial charge in [0.05, 0.1) is 6.10 Å². The Morgan fingerprint density at radius 1 is 1.21 bits per heavy atom. The Morgan fingerprint density at radius 2 is 1.90 bits per heavy atom. The highest BCUT2D eigenvalue weighted by atomic mass is 35.5. The van der Waals surface area contributed by atoms with Crippen molar-refractivity contribution in [3.05, 3.63) is 22.8 Å². The normalized spacial score (nSPS) is 48.6. The maximum atomic E-state index is 16.0. The Morgan fingerprint density at radius 3 is 2.52 bits per heavy atom. The van der Waals surface area contributed by atoms with Crippen molar-refractivity contribution in [2.75, 3.05) is 0 Å². The molecule has 8 atom stereocenters. The van der Waals surface area contributed by atoms with Crippen LogP contribution in [0.3, 0.4) is 0 Å². The molecule has 0 aliphatic heterocycles. The van der Waals surface area contributed by atoms with Gasteiger partial charge in [-0.05, 0) is 61.9 Å². The van der Waals surface area contributed by atoms with E-state index in [1.807, 2.05) is 13.0 Å². The van der Waals surface area contributed by atoms with E-state index in [-0.39, 0.29) is 30.0 Å². The molecule has 0 radical (unpaired) electrons. The second-order valence-corrected chi connectivity index (χ2v) is 10.4. The van der Waals surface area contributed by atoms with Crippen molar-refractivity contribution in [3.8, 4) is 0 Å². The van der Waals surface area contributed by atoms with Crippen LogP contribution in [0.2, 0.25) is 0 Å². The minimum atomic E-state index is -1.28. The smallest absolute Gasteiger partial charge is 0.303 e. The van der Waals surface area contributed by atoms with Gasteiger partial charge in [-0.2, -0.15) is 0 Å². The van der Waals surface area contributed by atoms with Crippen LogP contribution >= 0.6 is 11.6 Å². The van der Waals surface area contributed by atoms with Gasteiger partial charge in [0, 0.05) is 23.3 Å². The summed E-state index contributed by atoms with van der Waals surface area (Å²) in [7, 11) is 0. The minimum absolute atomic E-state index is 0.00160. The van der Waals surface area contributed by atoms with Crippen LogP contribution in [-0.2, 0) is 14.3 Å². The number of esters is 1. The summed E-state index contributed by atoms with van der Waals surface area (Å²) >= 11 is 6.67. The number of hydrogen-bond donors (Lipinski definition) is 1. The van der Waals surface area contributed by atoms with E-state index in [2.05, 4.69) is 6.92 Å². The molecule has 4 nitrogen and oxygen atoms in total. The van der Waals surface area contributed by atoms with E-state index in [0.29, 0.717) is 30.7 Å². The van der Waals surface area contributed by atoms with Crippen LogP contribution in [0.4, 0.5) is 4.39 Å². The molecule has 2 saturated carbocycles. The van der Waals surface area contributed by atoms with Gasteiger partial charge in [0.15, 0.2) is 11.4 Å². The number of hydrogen-bond acceptors (Lipinski definition) is 4. The first kappa shape index (κ1) is 21.0. The fourth-order valence-electron chi connectivity index (χ4n) is 7.33. The number of carbonyl (C=O) groups is 2. The number of allylic oxidation sites excluding steroid dienone is 3. The topological polar surface area (TPSA) is 63.6 Å². The SMILES string of the molecule is CC(=O)O[C@]1(C(C)=O)CC[C@H]2[C@@H]3C=C(Cl)C4=CC(O)CC[C@]4(C)[C@H]3C(F)C[C@@]21C. The van der Waals surface area contributed by atoms with E-state index in [4.69, 9.17) is 16.3 Å². The van der Waals surface area contributed by atoms with Crippen molar-refractivity contribution in [3.63, 3.8) is 0 Å². The van der Waals surface area contributed by atoms with Gasteiger partial charge in [-0.1, -0.05) is 37.6 Å². The fraction of sp³-hybridized carbons (Fsp3) is 0.739. The highest BCUT2D eigenvalue weighted by Crippen LogP contribution is 2.68. The predicted octanol–water partition coefficient (Wildman–Crippen LogP) is 4.49. The highest BCUT2D eigenvalue weighted by Gasteiger charge is 2.70. The third-order valence-electron chi connectivity index (χ3n) is 8.59. The molecule has 6 heteroatoms. The molecule has 4 aliphatic carbocycles. The molecule has 2 unspecified atom stereocenters. The number of ether oxygens (including phenoxy) is 1. The van der Waals surface area contributed by atoms with Crippen LogP contribution < -0.4 is 0 Å². The summed E-state index contributed by atoms with van der Waals surface area (Å²) in [6.07, 6.45) is 4.58. The highest BCUT2D eigenvalue weighted by molar-refractivity contribution is 6.32. The Balaban J connectivity index is 1.83. The van der Waals surface area contributed by atoms with E-state index in [1.54, 1.807) is 6.08 Å². The first-order chi connectivity index (χ1) is 13.5. The van der Waals surface area contributed by atoms with Gasteiger partial charge >= 0.3 is 5.97 Å². The van der Waals surface area contributed by atoms with Crippen molar-refractivity contribution < 1.29 is 23.8 Å². The van der Waals surface area contributed by atoms with E-state index in [9.17, 15) is 14.7 Å². The predicted molar refractivity (Wildman–Crippen MR) is 108 cm³/mol. The maximum Gasteiger partial charge on any atom is 0.303 e. The molecule has 0 heterocycles. The van der Waals surface area contributed by atoms with Crippen molar-refractivity contribution in [1.82, 2.24) is 0 Å². The summed E-state index contributed by atoms with van der Waals surface area (Å²) < 4.78 is 21.7. The summed E-state index contributed by atoms with van der Waals surface area (Å²) in [5.41, 5.74) is -1.65. The van der Waals surface area contributed by atoms with E-state index >= 15 is 4.39 Å². The average Bonchev–Trinajstić information content (AvgIpc) is 2.89. The van der Waals surface area contributed by atoms with Crippen LogP contribution in [0, 0.1) is 28.6 Å². The molecule has 0 amide bonds. The van der Waals surface area contributed by atoms with E-state index < -0.39 is 34.7 Å². The molecule has 0 aromatic carbocycles. The first-order valence-electron chi connectivity index (χ1n) is 10.6. The Bertz CT molecular complexity index is 822. The number of fused-ring (bicyclic) bond motifs is 5. The van der Waals surface area contributed by atoms with Gasteiger partial charge in [0.1, 0.15) is 6.17 Å². The summed E-state index contributed by atoms with van der Waals surface area (Å²) in [5.74, 6) is -1.11. The number of rotatable bonds is 2. The fourth-order valence-corrected chi connectivity index (χ4v) is 7.76. The minimum Gasteiger partial charge on any atom is -0.451 e. The molecule has 4 aliphatic rings. The van der Waals surface area contributed by atoms with Crippen LogP contribution in [0.25, 0.3) is 0 Å². The number of halogens is 2. The molecule has 4 rings (SSSR count). The van der Waals surface area contributed by atoms with E-state index in [1.165, 1.54) is 13.8 Å². The summed E-state index contributed by atoms with van der Waals surface area (Å²) in [6.45, 7) is 6.73. The molecule has 1 N–H and O–H groups in total. The second-order valence-electron chi connectivity index (χ2n) is 9.98. The van der Waals surface area contributed by atoms with Gasteiger partial charge in [0.25, 0.3) is 0 Å². The van der Waals surface area contributed by atoms with Gasteiger partial charge in [-0.3, -0.25) is 9.59 Å². The lowest BCUT2D eigenvalue weighted by molar-refractivity contribution is -0.190. The maximum absolute atomic E-state index is 16.0. The summed E-state index contributed by atoms with van der Waals surface area (Å²) in [6, 6.07) is 0. The number of Topliss-reactive ketones (excluding diaryl/α,β-unsaturated/α-hetero) is 1. The van der Waals surface area contributed by atoms with Gasteiger partial charge in [0.2, 0.25) is 0 Å². The largest absolute Gasteiger partial charge is 0.451 e. The molecule has 29 heavy (non-hydrogen) atoms. The van der Waals surface area contributed by atoms with Crippen LogP contribution in [0.5, 0.6) is 0 Å². The van der Waals surface area contributed by atoms with Gasteiger partial charge in [-0.15, -0.1) is 0 Å². The molecule has 160 valence electrons. The molecule has 0 aromatic rings. The number of aliphatic hydroxyl groups is 1. The van der Waals surface area contributed by atoms with Crippen molar-refractivity contribution in [1.29, 1.82) is 0 Å². The molecule has 0 aromatic heterocycles. The summed E-state index contributed by atoms with van der Waals surface area (Å²) in [5, 5.41) is 10.7. The summed E-state index contributed by atoms with van der Waals surface area (Å²) in [4.78, 5) is 24.6. The molecular formula is C23H30ClFO4. The number of ketones is 1. The number of aliphatic hydroxyl groups excluding tert-OH is 1. The monoisotopic (exact) mass is 424 g/mol. The molecular weight excluding hydrogens is 395 g/mol. The quantitative estimate of drug-likeness (QED) is 0.663. The number of alkyl halides is 1. The molecule has 0 saturated heterocycles. The Hall–Kier alpha value is -1.20. The van der Waals surface area contributed by atoms with E-state index in [0.717, 1.165) is 5.57 Å². The van der Waals surface area contributed by atoms with Crippen LogP contribution in [0.15, 0.2) is 22.8 Å². The third-order valence-corrected chi connectivity index (χ3v) is 8.92. The zero-order valence-electron chi connectivity index (χ0n) is 17.5.